The van der Waals surface area contributed by atoms with Gasteiger partial charge in [-0.15, -0.1) is 24.0 Å². The van der Waals surface area contributed by atoms with Gasteiger partial charge >= 0.3 is 0 Å². The summed E-state index contributed by atoms with van der Waals surface area (Å²) in [5, 5.41) is 3.52. The fourth-order valence-electron chi connectivity index (χ4n) is 4.36. The number of guanidine groups is 1. The Kier molecular flexibility index (Phi) is 8.67. The van der Waals surface area contributed by atoms with Crippen molar-refractivity contribution in [1.82, 2.24) is 15.1 Å². The molecule has 1 N–H and O–H groups in total. The van der Waals surface area contributed by atoms with Gasteiger partial charge in [-0.2, -0.15) is 0 Å². The Morgan fingerprint density at radius 2 is 1.81 bits per heavy atom. The summed E-state index contributed by atoms with van der Waals surface area (Å²) in [7, 11) is 4.22. The van der Waals surface area contributed by atoms with E-state index in [0.29, 0.717) is 0 Å². The minimum Gasteiger partial charge on any atom is -0.357 e. The number of aliphatic imine (C=N–C) groups is 1. The van der Waals surface area contributed by atoms with Crippen LogP contribution in [0.2, 0.25) is 0 Å². The van der Waals surface area contributed by atoms with Crippen molar-refractivity contribution in [3.05, 3.63) is 35.4 Å². The molecule has 1 aliphatic heterocycles. The summed E-state index contributed by atoms with van der Waals surface area (Å²) in [5.41, 5.74) is 2.65. The van der Waals surface area contributed by atoms with E-state index < -0.39 is 0 Å². The minimum absolute atomic E-state index is 0. The normalized spacial score (nSPS) is 22.9. The van der Waals surface area contributed by atoms with Gasteiger partial charge in [0, 0.05) is 26.2 Å². The predicted octanol–water partition coefficient (Wildman–Crippen LogP) is 3.95. The summed E-state index contributed by atoms with van der Waals surface area (Å²) in [6, 6.07) is 8.83. The number of nitrogens with zero attached hydrogens (tertiary/aromatic N) is 3. The van der Waals surface area contributed by atoms with E-state index in [1.165, 1.54) is 49.9 Å². The molecule has 5 heteroatoms. The lowest BCUT2D eigenvalue weighted by Crippen LogP contribution is -2.40. The number of rotatable bonds is 5. The molecule has 1 saturated heterocycles. The van der Waals surface area contributed by atoms with Crippen LogP contribution in [0.3, 0.4) is 0 Å². The maximum atomic E-state index is 4.96. The fourth-order valence-corrected chi connectivity index (χ4v) is 4.36. The maximum Gasteiger partial charge on any atom is 0.194 e. The number of hydrogen-bond acceptors (Lipinski definition) is 2. The molecule has 0 spiro atoms. The summed E-state index contributed by atoms with van der Waals surface area (Å²) in [6.45, 7) is 7.22. The van der Waals surface area contributed by atoms with Crippen LogP contribution >= 0.6 is 24.0 Å². The van der Waals surface area contributed by atoms with E-state index in [1.54, 1.807) is 0 Å². The number of fused-ring (bicyclic) bond motifs is 1. The highest BCUT2D eigenvalue weighted by Gasteiger charge is 2.35. The lowest BCUT2D eigenvalue weighted by atomic mass is 9.82. The Hall–Kier alpha value is -0.820. The van der Waals surface area contributed by atoms with Gasteiger partial charge in [-0.05, 0) is 56.8 Å². The van der Waals surface area contributed by atoms with Crippen LogP contribution in [0.1, 0.15) is 43.7 Å². The second-order valence-electron chi connectivity index (χ2n) is 7.94. The molecule has 1 saturated carbocycles. The molecule has 2 aliphatic rings. The molecule has 3 rings (SSSR count). The van der Waals surface area contributed by atoms with E-state index in [4.69, 9.17) is 4.99 Å². The van der Waals surface area contributed by atoms with Crippen LogP contribution in [-0.2, 0) is 13.1 Å². The molecule has 2 fully saturated rings. The highest BCUT2D eigenvalue weighted by atomic mass is 127. The van der Waals surface area contributed by atoms with E-state index in [0.717, 1.165) is 37.4 Å². The fraction of sp³-hybridized carbons (Fsp3) is 0.667. The second-order valence-corrected chi connectivity index (χ2v) is 7.94. The zero-order chi connectivity index (χ0) is 17.6. The number of halogens is 1. The first-order chi connectivity index (χ1) is 12.2. The first kappa shape index (κ1) is 21.5. The molecular weight excluding hydrogens is 435 g/mol. The van der Waals surface area contributed by atoms with Crippen molar-refractivity contribution in [2.75, 3.05) is 33.7 Å². The average molecular weight is 470 g/mol. The third kappa shape index (κ3) is 5.84. The van der Waals surface area contributed by atoms with Gasteiger partial charge in [-0.1, -0.05) is 37.1 Å². The monoisotopic (exact) mass is 470 g/mol. The van der Waals surface area contributed by atoms with E-state index in [2.05, 4.69) is 60.4 Å². The van der Waals surface area contributed by atoms with Crippen molar-refractivity contribution in [3.8, 4) is 0 Å². The topological polar surface area (TPSA) is 30.9 Å². The Balaban J connectivity index is 0.00000243. The van der Waals surface area contributed by atoms with E-state index in [-0.39, 0.29) is 24.0 Å². The van der Waals surface area contributed by atoms with E-state index >= 15 is 0 Å². The van der Waals surface area contributed by atoms with Gasteiger partial charge in [-0.3, -0.25) is 0 Å². The molecule has 4 nitrogen and oxygen atoms in total. The molecule has 0 radical (unpaired) electrons. The van der Waals surface area contributed by atoms with Gasteiger partial charge < -0.3 is 15.1 Å². The van der Waals surface area contributed by atoms with Gasteiger partial charge in [0.05, 0.1) is 6.54 Å². The molecule has 0 bridgehead atoms. The molecule has 2 unspecified atom stereocenters. The van der Waals surface area contributed by atoms with Crippen LogP contribution < -0.4 is 5.32 Å². The molecule has 1 aliphatic carbocycles. The zero-order valence-electron chi connectivity index (χ0n) is 16.6. The van der Waals surface area contributed by atoms with Gasteiger partial charge in [0.25, 0.3) is 0 Å². The molecule has 26 heavy (non-hydrogen) atoms. The lowest BCUT2D eigenvalue weighted by molar-refractivity contribution is 0.299. The Bertz CT molecular complexity index is 573. The minimum atomic E-state index is 0. The highest BCUT2D eigenvalue weighted by Crippen LogP contribution is 2.35. The third-order valence-electron chi connectivity index (χ3n) is 5.51. The number of hydrogen-bond donors (Lipinski definition) is 1. The maximum absolute atomic E-state index is 4.96. The molecule has 1 heterocycles. The highest BCUT2D eigenvalue weighted by molar-refractivity contribution is 14.0. The zero-order valence-corrected chi connectivity index (χ0v) is 18.9. The van der Waals surface area contributed by atoms with E-state index in [9.17, 15) is 0 Å². The van der Waals surface area contributed by atoms with Gasteiger partial charge in [0.1, 0.15) is 0 Å². The van der Waals surface area contributed by atoms with Crippen molar-refractivity contribution in [2.24, 2.45) is 16.8 Å². The van der Waals surface area contributed by atoms with Crippen LogP contribution in [0.25, 0.3) is 0 Å². The van der Waals surface area contributed by atoms with Gasteiger partial charge in [0.15, 0.2) is 5.96 Å². The largest absolute Gasteiger partial charge is 0.357 e. The third-order valence-corrected chi connectivity index (χ3v) is 5.51. The molecule has 146 valence electrons. The summed E-state index contributed by atoms with van der Waals surface area (Å²) in [6.07, 6.45) is 5.66. The molecule has 0 amide bonds. The predicted molar refractivity (Wildman–Crippen MR) is 121 cm³/mol. The first-order valence-electron chi connectivity index (χ1n) is 9.91. The molecule has 0 aromatic heterocycles. The number of benzene rings is 1. The summed E-state index contributed by atoms with van der Waals surface area (Å²) in [5.74, 6) is 2.89. The van der Waals surface area contributed by atoms with Crippen molar-refractivity contribution in [3.63, 3.8) is 0 Å². The quantitative estimate of drug-likeness (QED) is 0.402. The Morgan fingerprint density at radius 1 is 1.15 bits per heavy atom. The van der Waals surface area contributed by atoms with Gasteiger partial charge in [-0.25, -0.2) is 4.99 Å². The standard InChI is InChI=1S/C21H34N4.HI/c1-4-22-21(25-15-19-10-5-6-11-20(19)16-25)23-13-17-8-7-9-18(12-17)14-24(2)3;/h7-9,12,19-20H,4-6,10-11,13-16H2,1-3H3,(H,22,23);1H. The number of nitrogens with one attached hydrogen (secondary N) is 1. The first-order valence-corrected chi connectivity index (χ1v) is 9.91. The smallest absolute Gasteiger partial charge is 0.194 e. The summed E-state index contributed by atoms with van der Waals surface area (Å²) < 4.78 is 0. The molecule has 1 aromatic rings. The molecular formula is C21H35IN4. The average Bonchev–Trinajstić information content (AvgIpc) is 3.02. The van der Waals surface area contributed by atoms with Crippen LogP contribution in [-0.4, -0.2) is 49.5 Å². The number of likely N-dealkylation sites (tertiary alicyclic amines) is 1. The van der Waals surface area contributed by atoms with Crippen molar-refractivity contribution in [2.45, 2.75) is 45.7 Å². The summed E-state index contributed by atoms with van der Waals surface area (Å²) in [4.78, 5) is 9.68. The van der Waals surface area contributed by atoms with Crippen LogP contribution in [0.15, 0.2) is 29.3 Å². The second kappa shape index (κ2) is 10.5. The van der Waals surface area contributed by atoms with Crippen LogP contribution in [0, 0.1) is 11.8 Å². The van der Waals surface area contributed by atoms with Crippen molar-refractivity contribution in [1.29, 1.82) is 0 Å². The van der Waals surface area contributed by atoms with Crippen LogP contribution in [0.4, 0.5) is 0 Å². The Morgan fingerprint density at radius 3 is 2.42 bits per heavy atom. The van der Waals surface area contributed by atoms with Gasteiger partial charge in [0.2, 0.25) is 0 Å². The lowest BCUT2D eigenvalue weighted by Gasteiger charge is -2.22. The van der Waals surface area contributed by atoms with E-state index in [1.807, 2.05) is 0 Å². The molecule has 1 aromatic carbocycles. The SMILES string of the molecule is CCNC(=NCc1cccc(CN(C)C)c1)N1CC2CCCCC2C1.I. The summed E-state index contributed by atoms with van der Waals surface area (Å²) >= 11 is 0. The molecule has 2 atom stereocenters. The van der Waals surface area contributed by atoms with Crippen molar-refractivity contribution >= 4 is 29.9 Å². The van der Waals surface area contributed by atoms with Crippen molar-refractivity contribution < 1.29 is 0 Å². The van der Waals surface area contributed by atoms with Crippen LogP contribution in [0.5, 0.6) is 0 Å². The Labute approximate surface area is 176 Å².